The number of nitrogens with zero attached hydrogens (tertiary/aromatic N) is 1. The van der Waals surface area contributed by atoms with Crippen LogP contribution in [0.2, 0.25) is 0 Å². The summed E-state index contributed by atoms with van der Waals surface area (Å²) in [5.74, 6) is 0.918. The van der Waals surface area contributed by atoms with Crippen LogP contribution in [0.1, 0.15) is 33.4 Å². The Kier molecular flexibility index (Phi) is 6.15. The van der Waals surface area contributed by atoms with Gasteiger partial charge in [0.2, 0.25) is 0 Å². The van der Waals surface area contributed by atoms with Crippen LogP contribution < -0.4 is 23.8 Å². The minimum absolute atomic E-state index is 0.179. The fraction of sp³-hybridized carbons (Fsp3) is 0.167. The summed E-state index contributed by atoms with van der Waals surface area (Å²) < 4.78 is 47.0. The second kappa shape index (κ2) is 9.67. The molecule has 4 aromatic rings. The van der Waals surface area contributed by atoms with E-state index in [9.17, 15) is 13.2 Å². The molecule has 1 N–H and O–H groups in total. The van der Waals surface area contributed by atoms with Crippen molar-refractivity contribution in [3.05, 3.63) is 108 Å². The Morgan fingerprint density at radius 2 is 1.62 bits per heavy atom. The molecule has 2 aliphatic heterocycles. The molecule has 4 aromatic carbocycles. The lowest BCUT2D eigenvalue weighted by atomic mass is 9.88. The van der Waals surface area contributed by atoms with Crippen molar-refractivity contribution in [2.45, 2.75) is 16.9 Å². The van der Waals surface area contributed by atoms with Gasteiger partial charge in [-0.1, -0.05) is 36.4 Å². The van der Waals surface area contributed by atoms with Gasteiger partial charge in [-0.3, -0.25) is 9.10 Å². The molecular formula is C30H26N2O6S. The number of ether oxygens (including phenoxy) is 3. The first-order valence-corrected chi connectivity index (χ1v) is 13.8. The predicted molar refractivity (Wildman–Crippen MR) is 147 cm³/mol. The highest BCUT2D eigenvalue weighted by Gasteiger charge is 2.49. The van der Waals surface area contributed by atoms with Crippen molar-refractivity contribution >= 4 is 27.3 Å². The lowest BCUT2D eigenvalue weighted by Gasteiger charge is -2.34. The molecule has 0 fully saturated rings. The Bertz CT molecular complexity index is 1660. The SMILES string of the molecule is COc1ccc2c(c1)OC[C@@H]1c3cc(NC(=O)c4ccccc4)c(OC)cc3N(S(=O)(=O)c3ccccc3)[C@H]21. The number of amides is 1. The van der Waals surface area contributed by atoms with Crippen molar-refractivity contribution in [2.75, 3.05) is 30.4 Å². The summed E-state index contributed by atoms with van der Waals surface area (Å²) in [6.45, 7) is 0.247. The first-order chi connectivity index (χ1) is 18.9. The maximum absolute atomic E-state index is 14.2. The van der Waals surface area contributed by atoms with Crippen LogP contribution in [-0.4, -0.2) is 35.2 Å². The molecule has 8 nitrogen and oxygen atoms in total. The van der Waals surface area contributed by atoms with Gasteiger partial charge < -0.3 is 19.5 Å². The summed E-state index contributed by atoms with van der Waals surface area (Å²) in [7, 11) is -0.921. The maximum Gasteiger partial charge on any atom is 0.264 e. The number of benzene rings is 4. The molecular weight excluding hydrogens is 516 g/mol. The molecule has 2 aliphatic rings. The summed E-state index contributed by atoms with van der Waals surface area (Å²) in [4.78, 5) is 13.2. The highest BCUT2D eigenvalue weighted by Crippen LogP contribution is 2.57. The van der Waals surface area contributed by atoms with Crippen molar-refractivity contribution in [1.29, 1.82) is 0 Å². The standard InChI is InChI=1S/C30H26N2O6S/c1-36-20-13-14-22-27(15-20)38-18-24-23-16-25(31-30(33)19-9-5-3-6-10-19)28(37-2)17-26(23)32(29(22)24)39(34,35)21-11-7-4-8-12-21/h3-17,24,29H,18H2,1-2H3,(H,31,33)/t24-,29-/m1/s1. The third kappa shape index (κ3) is 4.15. The van der Waals surface area contributed by atoms with Crippen LogP contribution in [0.15, 0.2) is 95.9 Å². The predicted octanol–water partition coefficient (Wildman–Crippen LogP) is 5.38. The molecule has 2 heterocycles. The molecule has 0 saturated carbocycles. The van der Waals surface area contributed by atoms with Crippen LogP contribution in [0.25, 0.3) is 0 Å². The van der Waals surface area contributed by atoms with Gasteiger partial charge in [-0.05, 0) is 48.0 Å². The smallest absolute Gasteiger partial charge is 0.264 e. The van der Waals surface area contributed by atoms with Crippen LogP contribution in [0.4, 0.5) is 11.4 Å². The molecule has 198 valence electrons. The summed E-state index contributed by atoms with van der Waals surface area (Å²) in [6.07, 6.45) is 0. The number of carbonyl (C=O) groups is 1. The van der Waals surface area contributed by atoms with E-state index in [0.29, 0.717) is 34.2 Å². The van der Waals surface area contributed by atoms with Crippen molar-refractivity contribution in [3.8, 4) is 17.2 Å². The van der Waals surface area contributed by atoms with E-state index in [1.807, 2.05) is 12.1 Å². The molecule has 0 spiro atoms. The van der Waals surface area contributed by atoms with Gasteiger partial charge in [0.15, 0.2) is 0 Å². The van der Waals surface area contributed by atoms with Crippen molar-refractivity contribution in [3.63, 3.8) is 0 Å². The highest BCUT2D eigenvalue weighted by atomic mass is 32.2. The first kappa shape index (κ1) is 24.8. The van der Waals surface area contributed by atoms with Gasteiger partial charge >= 0.3 is 0 Å². The number of methoxy groups -OCH3 is 2. The molecule has 0 aromatic heterocycles. The zero-order valence-electron chi connectivity index (χ0n) is 21.3. The van der Waals surface area contributed by atoms with E-state index in [1.54, 1.807) is 86.0 Å². The number of nitrogens with one attached hydrogen (secondary N) is 1. The van der Waals surface area contributed by atoms with E-state index in [0.717, 1.165) is 11.1 Å². The number of rotatable bonds is 6. The number of carbonyl (C=O) groups excluding carboxylic acids is 1. The lowest BCUT2D eigenvalue weighted by Crippen LogP contribution is -2.36. The summed E-state index contributed by atoms with van der Waals surface area (Å²) in [5, 5.41) is 2.93. The lowest BCUT2D eigenvalue weighted by molar-refractivity contribution is 0.102. The van der Waals surface area contributed by atoms with E-state index >= 15 is 0 Å². The minimum Gasteiger partial charge on any atom is -0.497 e. The number of fused-ring (bicyclic) bond motifs is 5. The van der Waals surface area contributed by atoms with Gasteiger partial charge in [0.1, 0.15) is 17.2 Å². The van der Waals surface area contributed by atoms with Gasteiger partial charge in [0.05, 0.1) is 43.1 Å². The minimum atomic E-state index is -3.98. The third-order valence-corrected chi connectivity index (χ3v) is 8.97. The second-order valence-corrected chi connectivity index (χ2v) is 11.1. The maximum atomic E-state index is 14.2. The first-order valence-electron chi connectivity index (χ1n) is 12.4. The van der Waals surface area contributed by atoms with Crippen LogP contribution in [-0.2, 0) is 10.0 Å². The molecule has 9 heteroatoms. The fourth-order valence-electron chi connectivity index (χ4n) is 5.31. The largest absolute Gasteiger partial charge is 0.497 e. The Morgan fingerprint density at radius 1 is 0.897 bits per heavy atom. The zero-order chi connectivity index (χ0) is 27.1. The van der Waals surface area contributed by atoms with Crippen molar-refractivity contribution < 1.29 is 27.4 Å². The Morgan fingerprint density at radius 3 is 2.31 bits per heavy atom. The van der Waals surface area contributed by atoms with Crippen molar-refractivity contribution in [1.82, 2.24) is 0 Å². The molecule has 0 unspecified atom stereocenters. The van der Waals surface area contributed by atoms with E-state index in [2.05, 4.69) is 5.32 Å². The van der Waals surface area contributed by atoms with Crippen LogP contribution in [0.3, 0.4) is 0 Å². The molecule has 2 atom stereocenters. The summed E-state index contributed by atoms with van der Waals surface area (Å²) in [6, 6.07) is 25.5. The Hall–Kier alpha value is -4.50. The third-order valence-electron chi connectivity index (χ3n) is 7.16. The zero-order valence-corrected chi connectivity index (χ0v) is 22.1. The molecule has 0 aliphatic carbocycles. The van der Waals surface area contributed by atoms with Crippen LogP contribution in [0.5, 0.6) is 17.2 Å². The Balaban J connectivity index is 1.51. The topological polar surface area (TPSA) is 94.2 Å². The molecule has 1 amide bonds. The highest BCUT2D eigenvalue weighted by molar-refractivity contribution is 7.92. The number of sulfonamides is 1. The molecule has 6 rings (SSSR count). The molecule has 0 saturated heterocycles. The Labute approximate surface area is 226 Å². The summed E-state index contributed by atoms with van der Waals surface area (Å²) in [5.41, 5.74) is 2.90. The number of anilines is 2. The number of hydrogen-bond acceptors (Lipinski definition) is 6. The quantitative estimate of drug-likeness (QED) is 0.352. The second-order valence-electron chi connectivity index (χ2n) is 9.31. The summed E-state index contributed by atoms with van der Waals surface area (Å²) >= 11 is 0. The average molecular weight is 543 g/mol. The molecule has 0 radical (unpaired) electrons. The van der Waals surface area contributed by atoms with Crippen molar-refractivity contribution in [2.24, 2.45) is 0 Å². The monoisotopic (exact) mass is 542 g/mol. The fourth-order valence-corrected chi connectivity index (χ4v) is 7.01. The van der Waals surface area contributed by atoms with E-state index in [-0.39, 0.29) is 23.3 Å². The molecule has 0 bridgehead atoms. The van der Waals surface area contributed by atoms with Gasteiger partial charge in [-0.25, -0.2) is 8.42 Å². The van der Waals surface area contributed by atoms with Crippen LogP contribution in [0, 0.1) is 0 Å². The van der Waals surface area contributed by atoms with Gasteiger partial charge in [-0.15, -0.1) is 0 Å². The molecule has 39 heavy (non-hydrogen) atoms. The van der Waals surface area contributed by atoms with Gasteiger partial charge in [0.25, 0.3) is 15.9 Å². The normalized spacial score (nSPS) is 17.3. The van der Waals surface area contributed by atoms with E-state index in [4.69, 9.17) is 14.2 Å². The average Bonchev–Trinajstić information content (AvgIpc) is 3.31. The van der Waals surface area contributed by atoms with Gasteiger partial charge in [0, 0.05) is 29.2 Å². The van der Waals surface area contributed by atoms with Crippen LogP contribution >= 0.6 is 0 Å². The van der Waals surface area contributed by atoms with E-state index < -0.39 is 16.1 Å². The van der Waals surface area contributed by atoms with E-state index in [1.165, 1.54) is 11.4 Å². The number of hydrogen-bond donors (Lipinski definition) is 1. The van der Waals surface area contributed by atoms with Gasteiger partial charge in [-0.2, -0.15) is 0 Å².